The van der Waals surface area contributed by atoms with Crippen LogP contribution in [0.5, 0.6) is 5.75 Å². The van der Waals surface area contributed by atoms with Gasteiger partial charge in [0, 0.05) is 23.9 Å². The molecule has 1 heterocycles. The molecule has 1 aromatic heterocycles. The molecule has 0 N–H and O–H groups in total. The zero-order chi connectivity index (χ0) is 14.4. The van der Waals surface area contributed by atoms with Gasteiger partial charge in [-0.05, 0) is 20.4 Å². The summed E-state index contributed by atoms with van der Waals surface area (Å²) < 4.78 is 10.1. The molecule has 0 amide bonds. The number of methoxy groups -OCH3 is 2. The number of carbonyl (C=O) groups excluding carboxylic acids is 1. The first-order valence-corrected chi connectivity index (χ1v) is 6.31. The fourth-order valence-electron chi connectivity index (χ4n) is 1.97. The van der Waals surface area contributed by atoms with Crippen LogP contribution in [0.1, 0.15) is 23.7 Å². The molecular formula is C14H22N2O3. The average molecular weight is 266 g/mol. The fraction of sp³-hybridized carbons (Fsp3) is 0.571. The summed E-state index contributed by atoms with van der Waals surface area (Å²) in [6, 6.07) is 0. The summed E-state index contributed by atoms with van der Waals surface area (Å²) in [4.78, 5) is 17.7. The molecule has 0 aliphatic rings. The van der Waals surface area contributed by atoms with Crippen LogP contribution in [0, 0.1) is 13.8 Å². The van der Waals surface area contributed by atoms with Gasteiger partial charge in [0.25, 0.3) is 0 Å². The van der Waals surface area contributed by atoms with Crippen molar-refractivity contribution in [3.8, 4) is 5.75 Å². The van der Waals surface area contributed by atoms with Crippen molar-refractivity contribution in [2.45, 2.75) is 27.3 Å². The smallest absolute Gasteiger partial charge is 0.319 e. The number of aryl methyl sites for hydroxylation is 1. The van der Waals surface area contributed by atoms with Crippen LogP contribution < -0.4 is 4.74 Å². The van der Waals surface area contributed by atoms with E-state index >= 15 is 0 Å². The Morgan fingerprint density at radius 3 is 2.58 bits per heavy atom. The second kappa shape index (κ2) is 7.09. The SMILES string of the molecule is CCN(CC(=O)OC)Cc1ncc(C)c(OC)c1C. The lowest BCUT2D eigenvalue weighted by Crippen LogP contribution is -2.30. The van der Waals surface area contributed by atoms with Crippen molar-refractivity contribution >= 4 is 5.97 Å². The van der Waals surface area contributed by atoms with Crippen molar-refractivity contribution < 1.29 is 14.3 Å². The van der Waals surface area contributed by atoms with E-state index < -0.39 is 0 Å². The van der Waals surface area contributed by atoms with Crippen molar-refractivity contribution in [1.29, 1.82) is 0 Å². The summed E-state index contributed by atoms with van der Waals surface area (Å²) in [6.45, 7) is 7.59. The molecule has 0 unspecified atom stereocenters. The molecule has 0 fully saturated rings. The van der Waals surface area contributed by atoms with Crippen LogP contribution in [0.25, 0.3) is 0 Å². The Bertz CT molecular complexity index is 447. The second-order valence-corrected chi connectivity index (χ2v) is 4.43. The van der Waals surface area contributed by atoms with E-state index in [1.165, 1.54) is 7.11 Å². The predicted molar refractivity (Wildman–Crippen MR) is 73.2 cm³/mol. The van der Waals surface area contributed by atoms with Crippen LogP contribution in [0.2, 0.25) is 0 Å². The Labute approximate surface area is 114 Å². The highest BCUT2D eigenvalue weighted by atomic mass is 16.5. The number of ether oxygens (including phenoxy) is 2. The molecule has 1 aromatic rings. The number of hydrogen-bond acceptors (Lipinski definition) is 5. The Balaban J connectivity index is 2.88. The Morgan fingerprint density at radius 1 is 1.37 bits per heavy atom. The maximum Gasteiger partial charge on any atom is 0.319 e. The van der Waals surface area contributed by atoms with E-state index in [-0.39, 0.29) is 12.5 Å². The molecule has 106 valence electrons. The number of esters is 1. The molecule has 19 heavy (non-hydrogen) atoms. The van der Waals surface area contributed by atoms with Crippen molar-refractivity contribution in [3.05, 3.63) is 23.0 Å². The van der Waals surface area contributed by atoms with Crippen molar-refractivity contribution in [2.75, 3.05) is 27.3 Å². The molecule has 5 nitrogen and oxygen atoms in total. The zero-order valence-electron chi connectivity index (χ0n) is 12.3. The summed E-state index contributed by atoms with van der Waals surface area (Å²) in [6.07, 6.45) is 1.80. The van der Waals surface area contributed by atoms with Crippen molar-refractivity contribution in [2.24, 2.45) is 0 Å². The van der Waals surface area contributed by atoms with E-state index in [1.54, 1.807) is 13.3 Å². The number of nitrogens with zero attached hydrogens (tertiary/aromatic N) is 2. The quantitative estimate of drug-likeness (QED) is 0.734. The molecule has 0 saturated heterocycles. The Hall–Kier alpha value is -1.62. The summed E-state index contributed by atoms with van der Waals surface area (Å²) >= 11 is 0. The van der Waals surface area contributed by atoms with Crippen molar-refractivity contribution in [3.63, 3.8) is 0 Å². The third-order valence-corrected chi connectivity index (χ3v) is 3.15. The molecule has 1 rings (SSSR count). The van der Waals surface area contributed by atoms with Crippen LogP contribution in [0.15, 0.2) is 6.20 Å². The number of aromatic nitrogens is 1. The zero-order valence-corrected chi connectivity index (χ0v) is 12.3. The van der Waals surface area contributed by atoms with Crippen LogP contribution >= 0.6 is 0 Å². The lowest BCUT2D eigenvalue weighted by molar-refractivity contribution is -0.142. The van der Waals surface area contributed by atoms with E-state index in [0.717, 1.165) is 29.1 Å². The molecule has 0 bridgehead atoms. The lowest BCUT2D eigenvalue weighted by atomic mass is 10.1. The third kappa shape index (κ3) is 3.92. The first-order valence-electron chi connectivity index (χ1n) is 6.31. The molecule has 0 aromatic carbocycles. The van der Waals surface area contributed by atoms with Gasteiger partial charge in [-0.15, -0.1) is 0 Å². The van der Waals surface area contributed by atoms with Crippen LogP contribution in [0.3, 0.4) is 0 Å². The summed E-state index contributed by atoms with van der Waals surface area (Å²) in [5.74, 6) is 0.623. The number of hydrogen-bond donors (Lipinski definition) is 0. The number of carbonyl (C=O) groups is 1. The average Bonchev–Trinajstić information content (AvgIpc) is 2.41. The van der Waals surface area contributed by atoms with Gasteiger partial charge in [-0.2, -0.15) is 0 Å². The van der Waals surface area contributed by atoms with Crippen LogP contribution in [-0.4, -0.2) is 43.2 Å². The topological polar surface area (TPSA) is 51.7 Å². The molecule has 0 atom stereocenters. The van der Waals surface area contributed by atoms with E-state index in [4.69, 9.17) is 4.74 Å². The Kier molecular flexibility index (Phi) is 5.76. The minimum Gasteiger partial charge on any atom is -0.496 e. The third-order valence-electron chi connectivity index (χ3n) is 3.15. The molecule has 0 radical (unpaired) electrons. The molecule has 0 aliphatic heterocycles. The summed E-state index contributed by atoms with van der Waals surface area (Å²) in [5, 5.41) is 0. The first kappa shape index (κ1) is 15.4. The molecule has 0 aliphatic carbocycles. The predicted octanol–water partition coefficient (Wildman–Crippen LogP) is 1.70. The highest BCUT2D eigenvalue weighted by Gasteiger charge is 2.14. The van der Waals surface area contributed by atoms with E-state index in [9.17, 15) is 4.79 Å². The number of likely N-dealkylation sites (N-methyl/N-ethyl adjacent to an activating group) is 1. The van der Waals surface area contributed by atoms with Gasteiger partial charge < -0.3 is 9.47 Å². The normalized spacial score (nSPS) is 10.6. The van der Waals surface area contributed by atoms with E-state index in [1.807, 2.05) is 25.7 Å². The molecule has 5 heteroatoms. The van der Waals surface area contributed by atoms with Crippen molar-refractivity contribution in [1.82, 2.24) is 9.88 Å². The summed E-state index contributed by atoms with van der Waals surface area (Å²) in [7, 11) is 3.06. The summed E-state index contributed by atoms with van der Waals surface area (Å²) in [5.41, 5.74) is 2.96. The minimum absolute atomic E-state index is 0.237. The van der Waals surface area contributed by atoms with Gasteiger partial charge in [-0.3, -0.25) is 14.7 Å². The second-order valence-electron chi connectivity index (χ2n) is 4.43. The molecular weight excluding hydrogens is 244 g/mol. The number of rotatable bonds is 6. The van der Waals surface area contributed by atoms with Gasteiger partial charge in [-0.25, -0.2) is 0 Å². The Morgan fingerprint density at radius 2 is 2.05 bits per heavy atom. The van der Waals surface area contributed by atoms with Gasteiger partial charge >= 0.3 is 5.97 Å². The van der Waals surface area contributed by atoms with E-state index in [2.05, 4.69) is 9.72 Å². The lowest BCUT2D eigenvalue weighted by Gasteiger charge is -2.20. The largest absolute Gasteiger partial charge is 0.496 e. The van der Waals surface area contributed by atoms with Gasteiger partial charge in [-0.1, -0.05) is 6.92 Å². The van der Waals surface area contributed by atoms with Gasteiger partial charge in [0.1, 0.15) is 5.75 Å². The maximum absolute atomic E-state index is 11.3. The standard InChI is InChI=1S/C14H22N2O3/c1-6-16(9-13(17)18-4)8-12-11(3)14(19-5)10(2)7-15-12/h7H,6,8-9H2,1-5H3. The van der Waals surface area contributed by atoms with E-state index in [0.29, 0.717) is 6.54 Å². The van der Waals surface area contributed by atoms with Crippen LogP contribution in [0.4, 0.5) is 0 Å². The monoisotopic (exact) mass is 266 g/mol. The van der Waals surface area contributed by atoms with Gasteiger partial charge in [0.2, 0.25) is 0 Å². The minimum atomic E-state index is -0.237. The number of pyridine rings is 1. The van der Waals surface area contributed by atoms with Crippen LogP contribution in [-0.2, 0) is 16.1 Å². The highest BCUT2D eigenvalue weighted by Crippen LogP contribution is 2.24. The van der Waals surface area contributed by atoms with Gasteiger partial charge in [0.05, 0.1) is 26.5 Å². The molecule has 0 saturated carbocycles. The first-order chi connectivity index (χ1) is 9.03. The fourth-order valence-corrected chi connectivity index (χ4v) is 1.97. The molecule has 0 spiro atoms. The highest BCUT2D eigenvalue weighted by molar-refractivity contribution is 5.71. The van der Waals surface area contributed by atoms with Gasteiger partial charge in [0.15, 0.2) is 0 Å². The maximum atomic E-state index is 11.3.